The summed E-state index contributed by atoms with van der Waals surface area (Å²) in [7, 11) is 1.63. The summed E-state index contributed by atoms with van der Waals surface area (Å²) < 4.78 is 6.22. The van der Waals surface area contributed by atoms with Crippen LogP contribution < -0.4 is 15.0 Å². The second-order valence-corrected chi connectivity index (χ2v) is 6.10. The van der Waals surface area contributed by atoms with Crippen LogP contribution in [-0.4, -0.2) is 25.6 Å². The lowest BCUT2D eigenvalue weighted by molar-refractivity contribution is -0.117. The number of halogens is 1. The third-order valence-corrected chi connectivity index (χ3v) is 4.28. The van der Waals surface area contributed by atoms with Gasteiger partial charge in [0.2, 0.25) is 5.91 Å². The van der Waals surface area contributed by atoms with Crippen molar-refractivity contribution in [3.63, 3.8) is 0 Å². The highest BCUT2D eigenvalue weighted by Crippen LogP contribution is 2.26. The smallest absolute Gasteiger partial charge is 0.249 e. The van der Waals surface area contributed by atoms with E-state index in [-0.39, 0.29) is 11.9 Å². The van der Waals surface area contributed by atoms with Gasteiger partial charge in [-0.25, -0.2) is 0 Å². The van der Waals surface area contributed by atoms with Crippen LogP contribution in [0.1, 0.15) is 6.42 Å². The van der Waals surface area contributed by atoms with Gasteiger partial charge in [0.05, 0.1) is 7.11 Å². The van der Waals surface area contributed by atoms with E-state index in [0.29, 0.717) is 0 Å². The molecule has 2 aromatic rings. The summed E-state index contributed by atoms with van der Waals surface area (Å²) in [6, 6.07) is 15.2. The van der Waals surface area contributed by atoms with Gasteiger partial charge >= 0.3 is 0 Å². The number of hydrogen-bond donors (Lipinski definition) is 1. The van der Waals surface area contributed by atoms with E-state index in [1.165, 1.54) is 0 Å². The standard InChI is InChI=1S/C17H17BrN2O2/c1-22-15-4-2-3-13(11-15)19-16-9-10-20(17(16)21)14-7-5-12(18)6-8-14/h2-8,11,16,19H,9-10H2,1H3. The Bertz CT molecular complexity index is 673. The van der Waals surface area contributed by atoms with E-state index in [9.17, 15) is 4.79 Å². The molecule has 2 aromatic carbocycles. The molecule has 1 aliphatic heterocycles. The first kappa shape index (κ1) is 14.9. The maximum atomic E-state index is 12.6. The number of ether oxygens (including phenoxy) is 1. The maximum Gasteiger partial charge on any atom is 0.249 e. The molecule has 22 heavy (non-hydrogen) atoms. The third kappa shape index (κ3) is 3.09. The molecular formula is C17H17BrN2O2. The molecule has 114 valence electrons. The number of nitrogens with zero attached hydrogens (tertiary/aromatic N) is 1. The van der Waals surface area contributed by atoms with Gasteiger partial charge in [0, 0.05) is 28.5 Å². The molecule has 0 saturated carbocycles. The number of carbonyl (C=O) groups is 1. The largest absolute Gasteiger partial charge is 0.497 e. The second kappa shape index (κ2) is 6.40. The number of hydrogen-bond acceptors (Lipinski definition) is 3. The first-order chi connectivity index (χ1) is 10.7. The number of nitrogens with one attached hydrogen (secondary N) is 1. The molecule has 3 rings (SSSR count). The Kier molecular flexibility index (Phi) is 4.34. The van der Waals surface area contributed by atoms with Crippen LogP contribution in [0.2, 0.25) is 0 Å². The molecule has 1 amide bonds. The second-order valence-electron chi connectivity index (χ2n) is 5.18. The zero-order chi connectivity index (χ0) is 15.5. The van der Waals surface area contributed by atoms with Crippen LogP contribution in [0.5, 0.6) is 5.75 Å². The first-order valence-corrected chi connectivity index (χ1v) is 7.94. The van der Waals surface area contributed by atoms with Crippen LogP contribution in [0.25, 0.3) is 0 Å². The van der Waals surface area contributed by atoms with Gasteiger partial charge in [-0.3, -0.25) is 4.79 Å². The summed E-state index contributed by atoms with van der Waals surface area (Å²) >= 11 is 3.41. The third-order valence-electron chi connectivity index (χ3n) is 3.75. The monoisotopic (exact) mass is 360 g/mol. The highest BCUT2D eigenvalue weighted by molar-refractivity contribution is 9.10. The van der Waals surface area contributed by atoms with E-state index < -0.39 is 0 Å². The fourth-order valence-electron chi connectivity index (χ4n) is 2.61. The van der Waals surface area contributed by atoms with Gasteiger partial charge in [-0.2, -0.15) is 0 Å². The molecular weight excluding hydrogens is 344 g/mol. The van der Waals surface area contributed by atoms with Crippen LogP contribution in [-0.2, 0) is 4.79 Å². The lowest BCUT2D eigenvalue weighted by Crippen LogP contribution is -2.33. The summed E-state index contributed by atoms with van der Waals surface area (Å²) in [5.41, 5.74) is 1.83. The molecule has 0 bridgehead atoms. The van der Waals surface area contributed by atoms with Crippen molar-refractivity contribution in [2.45, 2.75) is 12.5 Å². The molecule has 0 spiro atoms. The zero-order valence-corrected chi connectivity index (χ0v) is 13.8. The number of rotatable bonds is 4. The van der Waals surface area contributed by atoms with Crippen LogP contribution >= 0.6 is 15.9 Å². The van der Waals surface area contributed by atoms with E-state index in [2.05, 4.69) is 21.2 Å². The van der Waals surface area contributed by atoms with Crippen molar-refractivity contribution < 1.29 is 9.53 Å². The summed E-state index contributed by atoms with van der Waals surface area (Å²) in [5, 5.41) is 3.30. The van der Waals surface area contributed by atoms with Crippen molar-refractivity contribution >= 4 is 33.2 Å². The molecule has 1 unspecified atom stereocenters. The Morgan fingerprint density at radius 2 is 2.00 bits per heavy atom. The van der Waals surface area contributed by atoms with Crippen LogP contribution in [0.15, 0.2) is 53.0 Å². The minimum atomic E-state index is -0.198. The van der Waals surface area contributed by atoms with Crippen molar-refractivity contribution in [1.82, 2.24) is 0 Å². The molecule has 5 heteroatoms. The summed E-state index contributed by atoms with van der Waals surface area (Å²) in [6.45, 7) is 0.724. The number of carbonyl (C=O) groups excluding carboxylic acids is 1. The Morgan fingerprint density at radius 1 is 1.23 bits per heavy atom. The zero-order valence-electron chi connectivity index (χ0n) is 12.3. The highest BCUT2D eigenvalue weighted by atomic mass is 79.9. The average Bonchev–Trinajstić information content (AvgIpc) is 2.89. The number of methoxy groups -OCH3 is 1. The first-order valence-electron chi connectivity index (χ1n) is 7.15. The van der Waals surface area contributed by atoms with Crippen molar-refractivity contribution in [3.05, 3.63) is 53.0 Å². The molecule has 1 fully saturated rings. The highest BCUT2D eigenvalue weighted by Gasteiger charge is 2.32. The van der Waals surface area contributed by atoms with Gasteiger partial charge in [0.25, 0.3) is 0 Å². The Labute approximate surface area is 138 Å². The molecule has 0 aromatic heterocycles. The molecule has 1 heterocycles. The summed E-state index contributed by atoms with van der Waals surface area (Å²) in [6.07, 6.45) is 0.784. The summed E-state index contributed by atoms with van der Waals surface area (Å²) in [4.78, 5) is 14.4. The van der Waals surface area contributed by atoms with Gasteiger partial charge in [0.15, 0.2) is 0 Å². The quantitative estimate of drug-likeness (QED) is 0.904. The van der Waals surface area contributed by atoms with Crippen molar-refractivity contribution in [2.75, 3.05) is 23.9 Å². The number of anilines is 2. The predicted octanol–water partition coefficient (Wildman–Crippen LogP) is 3.68. The van der Waals surface area contributed by atoms with Crippen molar-refractivity contribution in [3.8, 4) is 5.75 Å². The van der Waals surface area contributed by atoms with Gasteiger partial charge < -0.3 is 15.0 Å². The van der Waals surface area contributed by atoms with Crippen LogP contribution in [0, 0.1) is 0 Å². The fraction of sp³-hybridized carbons (Fsp3) is 0.235. The fourth-order valence-corrected chi connectivity index (χ4v) is 2.87. The van der Waals surface area contributed by atoms with E-state index >= 15 is 0 Å². The molecule has 1 N–H and O–H groups in total. The van der Waals surface area contributed by atoms with Crippen molar-refractivity contribution in [2.24, 2.45) is 0 Å². The maximum absolute atomic E-state index is 12.6. The minimum absolute atomic E-state index is 0.102. The van der Waals surface area contributed by atoms with Gasteiger partial charge in [0.1, 0.15) is 11.8 Å². The normalized spacial score (nSPS) is 17.6. The average molecular weight is 361 g/mol. The Morgan fingerprint density at radius 3 is 2.73 bits per heavy atom. The number of amides is 1. The number of benzene rings is 2. The van der Waals surface area contributed by atoms with E-state index in [1.54, 1.807) is 7.11 Å². The van der Waals surface area contributed by atoms with Gasteiger partial charge in [-0.05, 0) is 42.8 Å². The van der Waals surface area contributed by atoms with Gasteiger partial charge in [-0.1, -0.05) is 22.0 Å². The predicted molar refractivity (Wildman–Crippen MR) is 91.5 cm³/mol. The molecule has 4 nitrogen and oxygen atoms in total. The van der Waals surface area contributed by atoms with Gasteiger partial charge in [-0.15, -0.1) is 0 Å². The molecule has 1 aliphatic rings. The Hall–Kier alpha value is -2.01. The molecule has 0 radical (unpaired) electrons. The minimum Gasteiger partial charge on any atom is -0.497 e. The molecule has 0 aliphatic carbocycles. The topological polar surface area (TPSA) is 41.6 Å². The molecule has 1 saturated heterocycles. The van der Waals surface area contributed by atoms with E-state index in [1.807, 2.05) is 53.4 Å². The van der Waals surface area contributed by atoms with Crippen molar-refractivity contribution in [1.29, 1.82) is 0 Å². The SMILES string of the molecule is COc1cccc(NC2CCN(c3ccc(Br)cc3)C2=O)c1. The Balaban J connectivity index is 1.72. The summed E-state index contributed by atoms with van der Waals surface area (Å²) in [5.74, 6) is 0.880. The lowest BCUT2D eigenvalue weighted by Gasteiger charge is -2.18. The van der Waals surface area contributed by atoms with E-state index in [4.69, 9.17) is 4.74 Å². The lowest BCUT2D eigenvalue weighted by atomic mass is 10.2. The van der Waals surface area contributed by atoms with Crippen LogP contribution in [0.3, 0.4) is 0 Å². The molecule has 1 atom stereocenters. The van der Waals surface area contributed by atoms with Crippen LogP contribution in [0.4, 0.5) is 11.4 Å². The van der Waals surface area contributed by atoms with E-state index in [0.717, 1.165) is 34.6 Å².